The number of hydrogen-bond donors (Lipinski definition) is 1. The molecule has 0 saturated carbocycles. The summed E-state index contributed by atoms with van der Waals surface area (Å²) in [6, 6.07) is 9.87. The molecule has 2 rings (SSSR count). The summed E-state index contributed by atoms with van der Waals surface area (Å²) < 4.78 is 5.73. The number of carbonyl (C=O) groups is 2. The molecule has 6 heteroatoms. The van der Waals surface area contributed by atoms with Gasteiger partial charge in [-0.25, -0.2) is 0 Å². The topological polar surface area (TPSA) is 70.1 Å². The molecule has 1 saturated heterocycles. The quantitative estimate of drug-likeness (QED) is 0.812. The number of carbonyl (C=O) groups excluding carboxylic acids is 1. The number of nitrogens with zero attached hydrogens (tertiary/aromatic N) is 2. The van der Waals surface area contributed by atoms with Crippen LogP contribution in [0, 0.1) is 5.92 Å². The molecule has 1 aromatic carbocycles. The maximum atomic E-state index is 13.1. The van der Waals surface area contributed by atoms with Crippen LogP contribution in [0.3, 0.4) is 0 Å². The minimum atomic E-state index is -0.866. The third-order valence-corrected chi connectivity index (χ3v) is 4.46. The molecule has 2 atom stereocenters. The summed E-state index contributed by atoms with van der Waals surface area (Å²) in [5.74, 6) is -0.715. The van der Waals surface area contributed by atoms with Gasteiger partial charge in [0.1, 0.15) is 0 Å². The van der Waals surface area contributed by atoms with Gasteiger partial charge in [-0.05, 0) is 18.5 Å². The van der Waals surface area contributed by atoms with Crippen molar-refractivity contribution in [1.82, 2.24) is 9.80 Å². The van der Waals surface area contributed by atoms with Crippen molar-refractivity contribution in [3.63, 3.8) is 0 Å². The van der Waals surface area contributed by atoms with Gasteiger partial charge in [-0.3, -0.25) is 14.5 Å². The maximum absolute atomic E-state index is 13.1. The van der Waals surface area contributed by atoms with E-state index >= 15 is 0 Å². The highest BCUT2D eigenvalue weighted by Crippen LogP contribution is 2.27. The molecule has 1 heterocycles. The van der Waals surface area contributed by atoms with Crippen molar-refractivity contribution < 1.29 is 19.4 Å². The molecule has 0 spiro atoms. The molecule has 138 valence electrons. The largest absolute Gasteiger partial charge is 0.480 e. The summed E-state index contributed by atoms with van der Waals surface area (Å²) in [5, 5.41) is 8.87. The first-order valence-corrected chi connectivity index (χ1v) is 8.74. The average Bonchev–Trinajstić information content (AvgIpc) is 2.55. The zero-order valence-corrected chi connectivity index (χ0v) is 15.2. The van der Waals surface area contributed by atoms with Crippen molar-refractivity contribution >= 4 is 11.9 Å². The van der Waals surface area contributed by atoms with Gasteiger partial charge in [0.25, 0.3) is 0 Å². The van der Waals surface area contributed by atoms with Gasteiger partial charge in [-0.15, -0.1) is 0 Å². The average molecular weight is 348 g/mol. The lowest BCUT2D eigenvalue weighted by Crippen LogP contribution is -2.51. The predicted octanol–water partition coefficient (Wildman–Crippen LogP) is 1.67. The van der Waals surface area contributed by atoms with E-state index in [4.69, 9.17) is 9.84 Å². The number of hydrogen-bond acceptors (Lipinski definition) is 4. The van der Waals surface area contributed by atoms with E-state index < -0.39 is 5.97 Å². The van der Waals surface area contributed by atoms with Gasteiger partial charge < -0.3 is 14.7 Å². The number of carboxylic acid groups (broad SMARTS) is 1. The Kier molecular flexibility index (Phi) is 6.96. The normalized spacial score (nSPS) is 19.2. The van der Waals surface area contributed by atoms with E-state index in [-0.39, 0.29) is 30.4 Å². The molecule has 0 bridgehead atoms. The van der Waals surface area contributed by atoms with Crippen molar-refractivity contribution in [2.45, 2.75) is 25.9 Å². The minimum Gasteiger partial charge on any atom is -0.480 e. The second-order valence-electron chi connectivity index (χ2n) is 7.00. The highest BCUT2D eigenvalue weighted by atomic mass is 16.5. The molecular formula is C19H28N2O4. The van der Waals surface area contributed by atoms with E-state index in [1.807, 2.05) is 35.2 Å². The molecule has 0 aromatic heterocycles. The summed E-state index contributed by atoms with van der Waals surface area (Å²) in [4.78, 5) is 27.5. The van der Waals surface area contributed by atoms with Crippen LogP contribution < -0.4 is 0 Å². The van der Waals surface area contributed by atoms with Crippen LogP contribution in [-0.2, 0) is 14.3 Å². The van der Waals surface area contributed by atoms with Gasteiger partial charge in [0, 0.05) is 19.6 Å². The second-order valence-corrected chi connectivity index (χ2v) is 7.00. The Morgan fingerprint density at radius 2 is 2.00 bits per heavy atom. The first-order valence-electron chi connectivity index (χ1n) is 8.74. The number of amides is 1. The lowest BCUT2D eigenvalue weighted by atomic mass is 9.87. The zero-order valence-electron chi connectivity index (χ0n) is 15.2. The minimum absolute atomic E-state index is 0.0353. The van der Waals surface area contributed by atoms with Crippen molar-refractivity contribution in [3.8, 4) is 0 Å². The Hall–Kier alpha value is -1.92. The van der Waals surface area contributed by atoms with Crippen LogP contribution in [-0.4, -0.2) is 72.7 Å². The van der Waals surface area contributed by atoms with Crippen LogP contribution in [0.4, 0.5) is 0 Å². The highest BCUT2D eigenvalue weighted by Gasteiger charge is 2.32. The first kappa shape index (κ1) is 19.4. The van der Waals surface area contributed by atoms with E-state index in [1.165, 1.54) is 0 Å². The first-order chi connectivity index (χ1) is 11.9. The molecule has 1 aliphatic rings. The molecule has 1 aromatic rings. The third kappa shape index (κ3) is 5.54. The van der Waals surface area contributed by atoms with Crippen molar-refractivity contribution in [3.05, 3.63) is 35.9 Å². The maximum Gasteiger partial charge on any atom is 0.317 e. The molecule has 1 amide bonds. The van der Waals surface area contributed by atoms with Crippen molar-refractivity contribution in [2.24, 2.45) is 5.92 Å². The number of benzene rings is 1. The molecule has 2 unspecified atom stereocenters. The molecule has 0 radical (unpaired) electrons. The zero-order chi connectivity index (χ0) is 18.4. The third-order valence-electron chi connectivity index (χ3n) is 4.46. The fourth-order valence-corrected chi connectivity index (χ4v) is 3.34. The highest BCUT2D eigenvalue weighted by molar-refractivity contribution is 5.84. The number of aliphatic carboxylic acids is 1. The standard InChI is InChI=1S/C19H28N2O4/c1-14(2)18(15-7-5-4-6-8-15)19(24)21-9-10-25-16(12-21)11-20(3)13-17(22)23/h4-8,14,16,18H,9-13H2,1-3H3,(H,22,23). The van der Waals surface area contributed by atoms with Gasteiger partial charge in [-0.2, -0.15) is 0 Å². The SMILES string of the molecule is CC(C)C(C(=O)N1CCOC(CN(C)CC(=O)O)C1)c1ccccc1. The second kappa shape index (κ2) is 8.97. The van der Waals surface area contributed by atoms with Crippen molar-refractivity contribution in [2.75, 3.05) is 39.8 Å². The Bertz CT molecular complexity index is 576. The molecule has 1 N–H and O–H groups in total. The molecular weight excluding hydrogens is 320 g/mol. The monoisotopic (exact) mass is 348 g/mol. The molecule has 1 fully saturated rings. The van der Waals surface area contributed by atoms with Gasteiger partial charge in [0.2, 0.25) is 5.91 Å². The van der Waals surface area contributed by atoms with Crippen LogP contribution in [0.5, 0.6) is 0 Å². The van der Waals surface area contributed by atoms with Crippen LogP contribution in [0.1, 0.15) is 25.3 Å². The van der Waals surface area contributed by atoms with E-state index in [9.17, 15) is 9.59 Å². The van der Waals surface area contributed by atoms with Crippen LogP contribution in [0.25, 0.3) is 0 Å². The lowest BCUT2D eigenvalue weighted by molar-refractivity contribution is -0.144. The number of likely N-dealkylation sites (N-methyl/N-ethyl adjacent to an activating group) is 1. The Morgan fingerprint density at radius 1 is 1.32 bits per heavy atom. The van der Waals surface area contributed by atoms with Crippen LogP contribution in [0.2, 0.25) is 0 Å². The Balaban J connectivity index is 2.03. The van der Waals surface area contributed by atoms with E-state index in [1.54, 1.807) is 11.9 Å². The smallest absolute Gasteiger partial charge is 0.317 e. The van der Waals surface area contributed by atoms with Gasteiger partial charge in [0.15, 0.2) is 0 Å². The van der Waals surface area contributed by atoms with Gasteiger partial charge in [-0.1, -0.05) is 44.2 Å². The Morgan fingerprint density at radius 3 is 2.60 bits per heavy atom. The lowest BCUT2D eigenvalue weighted by Gasteiger charge is -2.37. The van der Waals surface area contributed by atoms with Crippen LogP contribution >= 0.6 is 0 Å². The fourth-order valence-electron chi connectivity index (χ4n) is 3.34. The summed E-state index contributed by atoms with van der Waals surface area (Å²) in [6.07, 6.45) is -0.161. The number of morpholine rings is 1. The summed E-state index contributed by atoms with van der Waals surface area (Å²) >= 11 is 0. The van der Waals surface area contributed by atoms with Gasteiger partial charge >= 0.3 is 5.97 Å². The van der Waals surface area contributed by atoms with E-state index in [2.05, 4.69) is 13.8 Å². The Labute approximate surface area is 149 Å². The molecule has 1 aliphatic heterocycles. The van der Waals surface area contributed by atoms with Gasteiger partial charge in [0.05, 0.1) is 25.2 Å². The predicted molar refractivity (Wildman–Crippen MR) is 95.5 cm³/mol. The van der Waals surface area contributed by atoms with Crippen molar-refractivity contribution in [1.29, 1.82) is 0 Å². The van der Waals surface area contributed by atoms with Crippen LogP contribution in [0.15, 0.2) is 30.3 Å². The number of ether oxygens (including phenoxy) is 1. The molecule has 6 nitrogen and oxygen atoms in total. The van der Waals surface area contributed by atoms with E-state index in [0.29, 0.717) is 26.2 Å². The summed E-state index contributed by atoms with van der Waals surface area (Å²) in [6.45, 7) is 6.15. The summed E-state index contributed by atoms with van der Waals surface area (Å²) in [7, 11) is 1.75. The molecule has 25 heavy (non-hydrogen) atoms. The molecule has 0 aliphatic carbocycles. The number of carboxylic acids is 1. The summed E-state index contributed by atoms with van der Waals surface area (Å²) in [5.41, 5.74) is 1.04. The van der Waals surface area contributed by atoms with E-state index in [0.717, 1.165) is 5.56 Å². The number of rotatable bonds is 7. The fraction of sp³-hybridized carbons (Fsp3) is 0.579.